The molecule has 5 heteroatoms. The van der Waals surface area contributed by atoms with Gasteiger partial charge in [0.05, 0.1) is 13.5 Å². The number of nitrogens with zero attached hydrogens (tertiary/aromatic N) is 1. The summed E-state index contributed by atoms with van der Waals surface area (Å²) in [6.07, 6.45) is 2.40. The fraction of sp³-hybridized carbons (Fsp3) is 0.318. The molecule has 0 bridgehead atoms. The standard InChI is InChI=1S/C22H23ClN2O2/c1-27-19-6-7-20-17(13-19)14-21(24-20)16-8-10-25(11-9-16)22(26)12-15-2-4-18(23)5-3-15/h2-7,13-14,16,24H,8-12H2,1H3. The lowest BCUT2D eigenvalue weighted by atomic mass is 9.93. The summed E-state index contributed by atoms with van der Waals surface area (Å²) in [6.45, 7) is 1.60. The molecular weight excluding hydrogens is 360 g/mol. The number of aromatic amines is 1. The van der Waals surface area contributed by atoms with Crippen LogP contribution >= 0.6 is 11.6 Å². The first kappa shape index (κ1) is 17.9. The summed E-state index contributed by atoms with van der Waals surface area (Å²) in [5, 5.41) is 1.87. The number of ether oxygens (including phenoxy) is 1. The van der Waals surface area contributed by atoms with Crippen LogP contribution in [0.4, 0.5) is 0 Å². The Morgan fingerprint density at radius 1 is 1.15 bits per heavy atom. The highest BCUT2D eigenvalue weighted by atomic mass is 35.5. The highest BCUT2D eigenvalue weighted by molar-refractivity contribution is 6.30. The molecule has 0 unspecified atom stereocenters. The Morgan fingerprint density at radius 2 is 1.89 bits per heavy atom. The van der Waals surface area contributed by atoms with Crippen molar-refractivity contribution in [2.75, 3.05) is 20.2 Å². The van der Waals surface area contributed by atoms with Crippen LogP contribution in [0.15, 0.2) is 48.5 Å². The minimum atomic E-state index is 0.192. The van der Waals surface area contributed by atoms with E-state index in [1.807, 2.05) is 35.2 Å². The highest BCUT2D eigenvalue weighted by Gasteiger charge is 2.25. The van der Waals surface area contributed by atoms with E-state index < -0.39 is 0 Å². The number of hydrogen-bond donors (Lipinski definition) is 1. The first-order valence-corrected chi connectivity index (χ1v) is 9.69. The van der Waals surface area contributed by atoms with Gasteiger partial charge in [0.15, 0.2) is 0 Å². The average molecular weight is 383 g/mol. The van der Waals surface area contributed by atoms with Gasteiger partial charge in [-0.2, -0.15) is 0 Å². The summed E-state index contributed by atoms with van der Waals surface area (Å²) in [5.74, 6) is 1.52. The van der Waals surface area contributed by atoms with Gasteiger partial charge >= 0.3 is 0 Å². The van der Waals surface area contributed by atoms with Gasteiger partial charge in [-0.3, -0.25) is 4.79 Å². The SMILES string of the molecule is COc1ccc2[nH]c(C3CCN(C(=O)Cc4ccc(Cl)cc4)CC3)cc2c1. The lowest BCUT2D eigenvalue weighted by Gasteiger charge is -2.31. The van der Waals surface area contributed by atoms with Crippen LogP contribution in [-0.4, -0.2) is 36.0 Å². The predicted molar refractivity (Wildman–Crippen MR) is 109 cm³/mol. The number of likely N-dealkylation sites (tertiary alicyclic amines) is 1. The average Bonchev–Trinajstić information content (AvgIpc) is 3.13. The predicted octanol–water partition coefficient (Wildman–Crippen LogP) is 4.78. The zero-order valence-electron chi connectivity index (χ0n) is 15.4. The van der Waals surface area contributed by atoms with Crippen LogP contribution in [-0.2, 0) is 11.2 Å². The van der Waals surface area contributed by atoms with Crippen LogP contribution in [0.1, 0.15) is 30.0 Å². The molecule has 4 rings (SSSR count). The topological polar surface area (TPSA) is 45.3 Å². The second-order valence-corrected chi connectivity index (χ2v) is 7.57. The van der Waals surface area contributed by atoms with Crippen molar-refractivity contribution < 1.29 is 9.53 Å². The molecular formula is C22H23ClN2O2. The van der Waals surface area contributed by atoms with Crippen LogP contribution in [0.3, 0.4) is 0 Å². The number of benzene rings is 2. The fourth-order valence-corrected chi connectivity index (χ4v) is 3.93. The number of carbonyl (C=O) groups excluding carboxylic acids is 1. The van der Waals surface area contributed by atoms with Gasteiger partial charge in [0.25, 0.3) is 0 Å². The normalized spacial score (nSPS) is 15.3. The number of methoxy groups -OCH3 is 1. The molecule has 1 aliphatic heterocycles. The number of nitrogens with one attached hydrogen (secondary N) is 1. The molecule has 27 heavy (non-hydrogen) atoms. The summed E-state index contributed by atoms with van der Waals surface area (Å²) < 4.78 is 5.31. The smallest absolute Gasteiger partial charge is 0.226 e. The van der Waals surface area contributed by atoms with E-state index in [4.69, 9.17) is 16.3 Å². The van der Waals surface area contributed by atoms with Crippen molar-refractivity contribution in [3.8, 4) is 5.75 Å². The van der Waals surface area contributed by atoms with Crippen molar-refractivity contribution in [2.24, 2.45) is 0 Å². The minimum absolute atomic E-state index is 0.192. The number of hydrogen-bond acceptors (Lipinski definition) is 2. The fourth-order valence-electron chi connectivity index (χ4n) is 3.81. The lowest BCUT2D eigenvalue weighted by molar-refractivity contribution is -0.131. The number of rotatable bonds is 4. The van der Waals surface area contributed by atoms with Crippen LogP contribution in [0.25, 0.3) is 10.9 Å². The van der Waals surface area contributed by atoms with Gasteiger partial charge in [0.2, 0.25) is 5.91 Å². The molecule has 0 atom stereocenters. The van der Waals surface area contributed by atoms with Crippen molar-refractivity contribution in [1.82, 2.24) is 9.88 Å². The molecule has 1 N–H and O–H groups in total. The summed E-state index contributed by atoms with van der Waals surface area (Å²) in [6, 6.07) is 15.8. The van der Waals surface area contributed by atoms with E-state index in [0.29, 0.717) is 17.4 Å². The second kappa shape index (κ2) is 7.65. The highest BCUT2D eigenvalue weighted by Crippen LogP contribution is 2.31. The Kier molecular flexibility index (Phi) is 5.08. The van der Waals surface area contributed by atoms with Gasteiger partial charge in [0, 0.05) is 40.6 Å². The molecule has 1 saturated heterocycles. The molecule has 1 amide bonds. The van der Waals surface area contributed by atoms with Crippen molar-refractivity contribution in [2.45, 2.75) is 25.2 Å². The maximum atomic E-state index is 12.6. The van der Waals surface area contributed by atoms with Crippen molar-refractivity contribution in [3.05, 3.63) is 64.8 Å². The van der Waals surface area contributed by atoms with Crippen LogP contribution < -0.4 is 4.74 Å². The lowest BCUT2D eigenvalue weighted by Crippen LogP contribution is -2.38. The van der Waals surface area contributed by atoms with E-state index >= 15 is 0 Å². The molecule has 0 saturated carbocycles. The molecule has 1 aliphatic rings. The quantitative estimate of drug-likeness (QED) is 0.705. The van der Waals surface area contributed by atoms with E-state index in [0.717, 1.165) is 42.8 Å². The number of piperidine rings is 1. The van der Waals surface area contributed by atoms with E-state index in [1.54, 1.807) is 7.11 Å². The number of fused-ring (bicyclic) bond motifs is 1. The second-order valence-electron chi connectivity index (χ2n) is 7.14. The van der Waals surface area contributed by atoms with Gasteiger partial charge in [-0.1, -0.05) is 23.7 Å². The Balaban J connectivity index is 1.38. The molecule has 1 fully saturated rings. The monoisotopic (exact) mass is 382 g/mol. The van der Waals surface area contributed by atoms with Crippen LogP contribution in [0.2, 0.25) is 5.02 Å². The number of aromatic nitrogens is 1. The number of H-pyrrole nitrogens is 1. The third-order valence-corrected chi connectivity index (χ3v) is 5.66. The van der Waals surface area contributed by atoms with E-state index in [9.17, 15) is 4.79 Å². The summed E-state index contributed by atoms with van der Waals surface area (Å²) in [4.78, 5) is 18.1. The third kappa shape index (κ3) is 3.96. The van der Waals surface area contributed by atoms with Gasteiger partial charge in [0.1, 0.15) is 5.75 Å². The van der Waals surface area contributed by atoms with Crippen molar-refractivity contribution in [3.63, 3.8) is 0 Å². The zero-order chi connectivity index (χ0) is 18.8. The van der Waals surface area contributed by atoms with Crippen molar-refractivity contribution >= 4 is 28.4 Å². The zero-order valence-corrected chi connectivity index (χ0v) is 16.1. The van der Waals surface area contributed by atoms with Crippen LogP contribution in [0, 0.1) is 0 Å². The Hall–Kier alpha value is -2.46. The molecule has 0 aliphatic carbocycles. The number of halogens is 1. The van der Waals surface area contributed by atoms with Gasteiger partial charge in [-0.25, -0.2) is 0 Å². The third-order valence-electron chi connectivity index (χ3n) is 5.40. The van der Waals surface area contributed by atoms with Gasteiger partial charge in [-0.05, 0) is 54.8 Å². The Bertz CT molecular complexity index is 941. The van der Waals surface area contributed by atoms with E-state index in [-0.39, 0.29) is 5.91 Å². The maximum absolute atomic E-state index is 12.6. The van der Waals surface area contributed by atoms with Gasteiger partial charge < -0.3 is 14.6 Å². The molecule has 0 radical (unpaired) electrons. The first-order valence-electron chi connectivity index (χ1n) is 9.31. The minimum Gasteiger partial charge on any atom is -0.497 e. The molecule has 2 heterocycles. The van der Waals surface area contributed by atoms with Crippen molar-refractivity contribution in [1.29, 1.82) is 0 Å². The van der Waals surface area contributed by atoms with Gasteiger partial charge in [-0.15, -0.1) is 0 Å². The Labute approximate surface area is 164 Å². The van der Waals surface area contributed by atoms with E-state index in [2.05, 4.69) is 23.2 Å². The van der Waals surface area contributed by atoms with Crippen LogP contribution in [0.5, 0.6) is 5.75 Å². The summed E-state index contributed by atoms with van der Waals surface area (Å²) in [7, 11) is 1.69. The summed E-state index contributed by atoms with van der Waals surface area (Å²) in [5.41, 5.74) is 3.39. The van der Waals surface area contributed by atoms with E-state index in [1.165, 1.54) is 11.1 Å². The molecule has 3 aromatic rings. The summed E-state index contributed by atoms with van der Waals surface area (Å²) >= 11 is 5.91. The largest absolute Gasteiger partial charge is 0.497 e. The molecule has 1 aromatic heterocycles. The number of carbonyl (C=O) groups is 1. The molecule has 4 nitrogen and oxygen atoms in total. The maximum Gasteiger partial charge on any atom is 0.226 e. The molecule has 2 aromatic carbocycles. The molecule has 0 spiro atoms. The molecule has 140 valence electrons. The number of amides is 1. The Morgan fingerprint density at radius 3 is 2.59 bits per heavy atom. The first-order chi connectivity index (χ1) is 13.1.